The highest BCUT2D eigenvalue weighted by Gasteiger charge is 2.29. The molecule has 100 valence electrons. The fraction of sp³-hybridized carbons (Fsp3) is 0.692. The second-order valence-corrected chi connectivity index (χ2v) is 5.28. The van der Waals surface area contributed by atoms with Crippen molar-refractivity contribution >= 4 is 22.4 Å². The van der Waals surface area contributed by atoms with Crippen molar-refractivity contribution in [3.8, 4) is 0 Å². The molecule has 2 rings (SSSR count). The smallest absolute Gasteiger partial charge is 0.306 e. The van der Waals surface area contributed by atoms with Gasteiger partial charge in [-0.15, -0.1) is 11.3 Å². The molecule has 0 saturated heterocycles. The van der Waals surface area contributed by atoms with Crippen LogP contribution in [-0.2, 0) is 16.0 Å². The Morgan fingerprint density at radius 1 is 1.56 bits per heavy atom. The van der Waals surface area contributed by atoms with E-state index in [2.05, 4.69) is 22.2 Å². The number of aryl methyl sites for hydroxylation is 1. The Balaban J connectivity index is 1.87. The first-order valence-electron chi connectivity index (χ1n) is 6.61. The van der Waals surface area contributed by atoms with Crippen LogP contribution in [0.15, 0.2) is 5.38 Å². The topological polar surface area (TPSA) is 42.4 Å². The van der Waals surface area contributed by atoms with E-state index in [0.29, 0.717) is 25.5 Å². The molecule has 4 nitrogen and oxygen atoms in total. The Morgan fingerprint density at radius 2 is 2.33 bits per heavy atom. The van der Waals surface area contributed by atoms with Gasteiger partial charge in [0.1, 0.15) is 0 Å². The number of carbonyl (C=O) groups excluding carboxylic acids is 1. The fourth-order valence-electron chi connectivity index (χ4n) is 1.94. The summed E-state index contributed by atoms with van der Waals surface area (Å²) in [6.45, 7) is 5.45. The minimum Gasteiger partial charge on any atom is -0.466 e. The number of thiazole rings is 1. The van der Waals surface area contributed by atoms with Gasteiger partial charge >= 0.3 is 5.97 Å². The fourth-order valence-corrected chi connectivity index (χ4v) is 2.94. The lowest BCUT2D eigenvalue weighted by atomic mass is 10.2. The number of rotatable bonds is 7. The number of nitrogens with zero attached hydrogens (tertiary/aromatic N) is 2. The molecule has 0 unspecified atom stereocenters. The van der Waals surface area contributed by atoms with Gasteiger partial charge in [0, 0.05) is 24.4 Å². The molecule has 0 radical (unpaired) electrons. The second kappa shape index (κ2) is 6.18. The summed E-state index contributed by atoms with van der Waals surface area (Å²) in [6.07, 6.45) is 3.67. The van der Waals surface area contributed by atoms with Gasteiger partial charge in [0.25, 0.3) is 0 Å². The maximum absolute atomic E-state index is 11.3. The predicted molar refractivity (Wildman–Crippen MR) is 73.1 cm³/mol. The van der Waals surface area contributed by atoms with Crippen molar-refractivity contribution in [3.63, 3.8) is 0 Å². The minimum absolute atomic E-state index is 0.137. The number of hydrogen-bond donors (Lipinski definition) is 0. The normalized spacial score (nSPS) is 14.6. The Kier molecular flexibility index (Phi) is 4.58. The highest BCUT2D eigenvalue weighted by molar-refractivity contribution is 7.13. The summed E-state index contributed by atoms with van der Waals surface area (Å²) in [5, 5.41) is 3.15. The largest absolute Gasteiger partial charge is 0.466 e. The van der Waals surface area contributed by atoms with Crippen molar-refractivity contribution < 1.29 is 9.53 Å². The van der Waals surface area contributed by atoms with Crippen LogP contribution in [0, 0.1) is 0 Å². The zero-order chi connectivity index (χ0) is 13.0. The number of carbonyl (C=O) groups is 1. The molecule has 0 atom stereocenters. The standard InChI is InChI=1S/C13H20N2O2S/c1-3-15(11-6-7-11)13-14-10(9-18-13)5-8-12(16)17-4-2/h9,11H,3-8H2,1-2H3. The van der Waals surface area contributed by atoms with Gasteiger partial charge in [-0.3, -0.25) is 4.79 Å². The molecule has 18 heavy (non-hydrogen) atoms. The first kappa shape index (κ1) is 13.3. The minimum atomic E-state index is -0.137. The first-order chi connectivity index (χ1) is 8.74. The maximum atomic E-state index is 11.3. The molecule has 0 aromatic carbocycles. The third-order valence-corrected chi connectivity index (χ3v) is 3.93. The van der Waals surface area contributed by atoms with Gasteiger partial charge in [-0.1, -0.05) is 0 Å². The van der Waals surface area contributed by atoms with Crippen LogP contribution in [0.3, 0.4) is 0 Å². The molecular formula is C13H20N2O2S. The molecule has 1 saturated carbocycles. The summed E-state index contributed by atoms with van der Waals surface area (Å²) in [6, 6.07) is 0.694. The van der Waals surface area contributed by atoms with E-state index in [-0.39, 0.29) is 5.97 Å². The van der Waals surface area contributed by atoms with E-state index < -0.39 is 0 Å². The zero-order valence-electron chi connectivity index (χ0n) is 11.0. The highest BCUT2D eigenvalue weighted by atomic mass is 32.1. The molecule has 0 aliphatic heterocycles. The Labute approximate surface area is 112 Å². The van der Waals surface area contributed by atoms with Gasteiger partial charge in [-0.05, 0) is 26.7 Å². The molecule has 1 fully saturated rings. The number of anilines is 1. The monoisotopic (exact) mass is 268 g/mol. The third-order valence-electron chi connectivity index (χ3n) is 3.00. The summed E-state index contributed by atoms with van der Waals surface area (Å²) in [5.74, 6) is -0.137. The van der Waals surface area contributed by atoms with Crippen LogP contribution in [-0.4, -0.2) is 30.1 Å². The van der Waals surface area contributed by atoms with Crippen LogP contribution in [0.4, 0.5) is 5.13 Å². The molecule has 0 amide bonds. The van der Waals surface area contributed by atoms with Crippen molar-refractivity contribution in [2.75, 3.05) is 18.1 Å². The molecule has 0 spiro atoms. The van der Waals surface area contributed by atoms with Crippen molar-refractivity contribution in [2.24, 2.45) is 0 Å². The Hall–Kier alpha value is -1.10. The van der Waals surface area contributed by atoms with Crippen molar-refractivity contribution in [2.45, 2.75) is 45.6 Å². The number of ether oxygens (including phenoxy) is 1. The number of esters is 1. The van der Waals surface area contributed by atoms with E-state index in [4.69, 9.17) is 4.74 Å². The summed E-state index contributed by atoms with van der Waals surface area (Å²) in [7, 11) is 0. The molecule has 1 aliphatic carbocycles. The quantitative estimate of drug-likeness (QED) is 0.713. The molecule has 1 heterocycles. The molecule has 5 heteroatoms. The molecule has 1 aliphatic rings. The van der Waals surface area contributed by atoms with Crippen LogP contribution in [0.2, 0.25) is 0 Å². The Morgan fingerprint density at radius 3 is 2.94 bits per heavy atom. The number of hydrogen-bond acceptors (Lipinski definition) is 5. The van der Waals surface area contributed by atoms with Gasteiger partial charge in [0.05, 0.1) is 18.7 Å². The lowest BCUT2D eigenvalue weighted by Gasteiger charge is -2.18. The van der Waals surface area contributed by atoms with E-state index in [0.717, 1.165) is 17.4 Å². The van der Waals surface area contributed by atoms with Crippen LogP contribution >= 0.6 is 11.3 Å². The number of aromatic nitrogens is 1. The van der Waals surface area contributed by atoms with Gasteiger partial charge in [0.2, 0.25) is 0 Å². The lowest BCUT2D eigenvalue weighted by molar-refractivity contribution is -0.143. The maximum Gasteiger partial charge on any atom is 0.306 e. The molecule has 1 aromatic rings. The Bertz CT molecular complexity index is 401. The lowest BCUT2D eigenvalue weighted by Crippen LogP contribution is -2.24. The van der Waals surface area contributed by atoms with E-state index in [1.54, 1.807) is 11.3 Å². The van der Waals surface area contributed by atoms with Gasteiger partial charge in [-0.2, -0.15) is 0 Å². The predicted octanol–water partition coefficient (Wildman–Crippen LogP) is 2.63. The molecule has 0 N–H and O–H groups in total. The summed E-state index contributed by atoms with van der Waals surface area (Å²) >= 11 is 1.68. The van der Waals surface area contributed by atoms with E-state index >= 15 is 0 Å². The van der Waals surface area contributed by atoms with Crippen molar-refractivity contribution in [3.05, 3.63) is 11.1 Å². The molecule has 1 aromatic heterocycles. The van der Waals surface area contributed by atoms with E-state index in [9.17, 15) is 4.79 Å². The summed E-state index contributed by atoms with van der Waals surface area (Å²) in [5.41, 5.74) is 1.00. The SMILES string of the molecule is CCOC(=O)CCc1csc(N(CC)C2CC2)n1. The molecule has 0 bridgehead atoms. The van der Waals surface area contributed by atoms with Gasteiger partial charge < -0.3 is 9.64 Å². The zero-order valence-corrected chi connectivity index (χ0v) is 11.8. The average Bonchev–Trinajstić information content (AvgIpc) is 3.07. The summed E-state index contributed by atoms with van der Waals surface area (Å²) in [4.78, 5) is 18.2. The van der Waals surface area contributed by atoms with Crippen molar-refractivity contribution in [1.82, 2.24) is 4.98 Å². The average molecular weight is 268 g/mol. The third kappa shape index (κ3) is 3.45. The van der Waals surface area contributed by atoms with Crippen LogP contribution < -0.4 is 4.90 Å². The molecular weight excluding hydrogens is 248 g/mol. The highest BCUT2D eigenvalue weighted by Crippen LogP contribution is 2.33. The van der Waals surface area contributed by atoms with E-state index in [1.807, 2.05) is 6.92 Å². The second-order valence-electron chi connectivity index (χ2n) is 4.44. The van der Waals surface area contributed by atoms with Gasteiger partial charge in [-0.25, -0.2) is 4.98 Å². The van der Waals surface area contributed by atoms with Crippen molar-refractivity contribution in [1.29, 1.82) is 0 Å². The van der Waals surface area contributed by atoms with Crippen LogP contribution in [0.5, 0.6) is 0 Å². The van der Waals surface area contributed by atoms with Crippen LogP contribution in [0.1, 0.15) is 38.8 Å². The summed E-state index contributed by atoms with van der Waals surface area (Å²) < 4.78 is 4.91. The van der Waals surface area contributed by atoms with E-state index in [1.165, 1.54) is 12.8 Å². The van der Waals surface area contributed by atoms with Crippen LogP contribution in [0.25, 0.3) is 0 Å². The first-order valence-corrected chi connectivity index (χ1v) is 7.49. The van der Waals surface area contributed by atoms with Gasteiger partial charge in [0.15, 0.2) is 5.13 Å².